The van der Waals surface area contributed by atoms with Crippen LogP contribution in [0.1, 0.15) is 43.6 Å². The fraction of sp³-hybridized carbons (Fsp3) is 0.769. The molecule has 1 aromatic heterocycles. The van der Waals surface area contributed by atoms with E-state index in [1.807, 2.05) is 0 Å². The van der Waals surface area contributed by atoms with Gasteiger partial charge in [-0.25, -0.2) is 0 Å². The van der Waals surface area contributed by atoms with Crippen LogP contribution in [0.15, 0.2) is 6.07 Å². The molecule has 0 radical (unpaired) electrons. The summed E-state index contributed by atoms with van der Waals surface area (Å²) in [6.07, 6.45) is 1.14. The quantitative estimate of drug-likeness (QED) is 0.864. The van der Waals surface area contributed by atoms with Crippen molar-refractivity contribution in [1.82, 2.24) is 14.7 Å². The minimum Gasteiger partial charge on any atom is -0.395 e. The van der Waals surface area contributed by atoms with Crippen LogP contribution in [0.5, 0.6) is 0 Å². The fourth-order valence-corrected chi connectivity index (χ4v) is 2.62. The summed E-state index contributed by atoms with van der Waals surface area (Å²) >= 11 is 0. The van der Waals surface area contributed by atoms with Crippen LogP contribution >= 0.6 is 0 Å². The smallest absolute Gasteiger partial charge is 0.0661 e. The normalized spacial score (nSPS) is 21.6. The Bertz CT molecular complexity index is 373. The van der Waals surface area contributed by atoms with Crippen molar-refractivity contribution in [1.29, 1.82) is 0 Å². The van der Waals surface area contributed by atoms with E-state index in [0.717, 1.165) is 31.7 Å². The molecule has 0 aliphatic carbocycles. The lowest BCUT2D eigenvalue weighted by Crippen LogP contribution is -2.25. The molecular weight excluding hydrogens is 214 g/mol. The number of nitrogens with zero attached hydrogens (tertiary/aromatic N) is 3. The molecule has 1 aliphatic rings. The van der Waals surface area contributed by atoms with E-state index >= 15 is 0 Å². The molecule has 0 amide bonds. The predicted molar refractivity (Wildman–Crippen MR) is 68.2 cm³/mol. The molecule has 4 nitrogen and oxygen atoms in total. The number of aliphatic hydroxyl groups is 1. The molecule has 17 heavy (non-hydrogen) atoms. The lowest BCUT2D eigenvalue weighted by atomic mass is 10.1. The molecule has 2 heterocycles. The summed E-state index contributed by atoms with van der Waals surface area (Å²) in [5.74, 6) is 0.517. The molecule has 1 fully saturated rings. The van der Waals surface area contributed by atoms with Gasteiger partial charge in [-0.1, -0.05) is 13.8 Å². The van der Waals surface area contributed by atoms with Crippen LogP contribution < -0.4 is 0 Å². The Balaban J connectivity index is 2.12. The van der Waals surface area contributed by atoms with Gasteiger partial charge in [0.15, 0.2) is 0 Å². The van der Waals surface area contributed by atoms with Crippen LogP contribution in [0.2, 0.25) is 0 Å². The maximum atomic E-state index is 8.97. The molecule has 1 atom stereocenters. The highest BCUT2D eigenvalue weighted by Gasteiger charge is 2.26. The third-order valence-corrected chi connectivity index (χ3v) is 3.49. The highest BCUT2D eigenvalue weighted by molar-refractivity contribution is 5.14. The largest absolute Gasteiger partial charge is 0.395 e. The first kappa shape index (κ1) is 12.6. The van der Waals surface area contributed by atoms with Gasteiger partial charge < -0.3 is 5.11 Å². The van der Waals surface area contributed by atoms with Crippen LogP contribution in [0.3, 0.4) is 0 Å². The SMILES string of the molecule is Cc1cc(C(C)C)n(C2CCN(CCO)C2)n1. The predicted octanol–water partition coefficient (Wildman–Crippen LogP) is 1.55. The summed E-state index contributed by atoms with van der Waals surface area (Å²) in [5.41, 5.74) is 2.44. The van der Waals surface area contributed by atoms with Crippen molar-refractivity contribution in [2.45, 2.75) is 39.2 Å². The lowest BCUT2D eigenvalue weighted by molar-refractivity contribution is 0.216. The van der Waals surface area contributed by atoms with E-state index in [1.165, 1.54) is 5.69 Å². The van der Waals surface area contributed by atoms with E-state index in [9.17, 15) is 0 Å². The number of aromatic nitrogens is 2. The summed E-state index contributed by atoms with van der Waals surface area (Å²) in [4.78, 5) is 2.31. The summed E-state index contributed by atoms with van der Waals surface area (Å²) < 4.78 is 2.21. The first-order valence-corrected chi connectivity index (χ1v) is 6.51. The molecule has 1 saturated heterocycles. The maximum absolute atomic E-state index is 8.97. The molecule has 1 aliphatic heterocycles. The van der Waals surface area contributed by atoms with Crippen LogP contribution in [-0.2, 0) is 0 Å². The zero-order valence-corrected chi connectivity index (χ0v) is 11.1. The molecule has 0 saturated carbocycles. The first-order chi connectivity index (χ1) is 8.11. The molecule has 4 heteroatoms. The number of β-amino-alcohol motifs (C(OH)–C–C–N with tert-alkyl or cyclic N) is 1. The standard InChI is InChI=1S/C13H23N3O/c1-10(2)13-8-11(3)14-16(13)12-4-5-15(9-12)6-7-17/h8,10,12,17H,4-7,9H2,1-3H3. The van der Waals surface area contributed by atoms with Gasteiger partial charge in [-0.05, 0) is 25.3 Å². The van der Waals surface area contributed by atoms with Crippen LogP contribution in [0.25, 0.3) is 0 Å². The van der Waals surface area contributed by atoms with Crippen molar-refractivity contribution >= 4 is 0 Å². The number of hydrogen-bond acceptors (Lipinski definition) is 3. The van der Waals surface area contributed by atoms with Crippen molar-refractivity contribution < 1.29 is 5.11 Å². The van der Waals surface area contributed by atoms with E-state index in [-0.39, 0.29) is 6.61 Å². The van der Waals surface area contributed by atoms with Crippen molar-refractivity contribution in [3.8, 4) is 0 Å². The number of rotatable bonds is 4. The highest BCUT2D eigenvalue weighted by atomic mass is 16.3. The zero-order valence-electron chi connectivity index (χ0n) is 11.1. The Hall–Kier alpha value is -0.870. The van der Waals surface area contributed by atoms with Gasteiger partial charge >= 0.3 is 0 Å². The van der Waals surface area contributed by atoms with E-state index in [1.54, 1.807) is 0 Å². The van der Waals surface area contributed by atoms with E-state index in [0.29, 0.717) is 12.0 Å². The summed E-state index contributed by atoms with van der Waals surface area (Å²) in [7, 11) is 0. The number of likely N-dealkylation sites (tertiary alicyclic amines) is 1. The second-order valence-electron chi connectivity index (χ2n) is 5.28. The van der Waals surface area contributed by atoms with Gasteiger partial charge in [0.1, 0.15) is 0 Å². The van der Waals surface area contributed by atoms with Gasteiger partial charge in [-0.15, -0.1) is 0 Å². The number of aryl methyl sites for hydroxylation is 1. The summed E-state index contributed by atoms with van der Waals surface area (Å²) in [6.45, 7) is 9.61. The van der Waals surface area contributed by atoms with E-state index in [4.69, 9.17) is 5.11 Å². The lowest BCUT2D eigenvalue weighted by Gasteiger charge is -2.18. The minimum absolute atomic E-state index is 0.252. The third kappa shape index (κ3) is 2.69. The van der Waals surface area contributed by atoms with Crippen molar-refractivity contribution in [3.05, 3.63) is 17.5 Å². The molecule has 1 aromatic rings. The fourth-order valence-electron chi connectivity index (χ4n) is 2.62. The Kier molecular flexibility index (Phi) is 3.84. The summed E-state index contributed by atoms with van der Waals surface area (Å²) in [6, 6.07) is 2.67. The van der Waals surface area contributed by atoms with Gasteiger partial charge in [-0.3, -0.25) is 9.58 Å². The third-order valence-electron chi connectivity index (χ3n) is 3.49. The molecular formula is C13H23N3O. The molecule has 1 N–H and O–H groups in total. The molecule has 2 rings (SSSR count). The molecule has 0 spiro atoms. The van der Waals surface area contributed by atoms with Crippen molar-refractivity contribution in [2.75, 3.05) is 26.2 Å². The summed E-state index contributed by atoms with van der Waals surface area (Å²) in [5, 5.41) is 13.6. The maximum Gasteiger partial charge on any atom is 0.0661 e. The van der Waals surface area contributed by atoms with Crippen LogP contribution in [-0.4, -0.2) is 46.0 Å². The first-order valence-electron chi connectivity index (χ1n) is 6.51. The van der Waals surface area contributed by atoms with Crippen molar-refractivity contribution in [2.24, 2.45) is 0 Å². The van der Waals surface area contributed by atoms with Crippen LogP contribution in [0.4, 0.5) is 0 Å². The topological polar surface area (TPSA) is 41.3 Å². The van der Waals surface area contributed by atoms with Gasteiger partial charge in [0, 0.05) is 25.3 Å². The Labute approximate surface area is 103 Å². The van der Waals surface area contributed by atoms with Gasteiger partial charge in [0.05, 0.1) is 18.3 Å². The second-order valence-corrected chi connectivity index (χ2v) is 5.28. The average molecular weight is 237 g/mol. The molecule has 0 bridgehead atoms. The zero-order chi connectivity index (χ0) is 12.4. The highest BCUT2D eigenvalue weighted by Crippen LogP contribution is 2.26. The molecule has 0 aromatic carbocycles. The molecule has 1 unspecified atom stereocenters. The monoisotopic (exact) mass is 237 g/mol. The van der Waals surface area contributed by atoms with E-state index < -0.39 is 0 Å². The second kappa shape index (κ2) is 5.19. The average Bonchev–Trinajstić information content (AvgIpc) is 2.85. The van der Waals surface area contributed by atoms with Crippen LogP contribution in [0, 0.1) is 6.92 Å². The Morgan fingerprint density at radius 3 is 2.94 bits per heavy atom. The van der Waals surface area contributed by atoms with Gasteiger partial charge in [0.2, 0.25) is 0 Å². The van der Waals surface area contributed by atoms with Gasteiger partial charge in [-0.2, -0.15) is 5.10 Å². The number of hydrogen-bond donors (Lipinski definition) is 1. The van der Waals surface area contributed by atoms with Gasteiger partial charge in [0.25, 0.3) is 0 Å². The Morgan fingerprint density at radius 2 is 2.29 bits per heavy atom. The van der Waals surface area contributed by atoms with Crippen molar-refractivity contribution in [3.63, 3.8) is 0 Å². The minimum atomic E-state index is 0.252. The van der Waals surface area contributed by atoms with E-state index in [2.05, 4.69) is 41.5 Å². The molecule has 96 valence electrons. The Morgan fingerprint density at radius 1 is 1.53 bits per heavy atom. The number of aliphatic hydroxyl groups excluding tert-OH is 1.